The van der Waals surface area contributed by atoms with E-state index >= 15 is 0 Å². The van der Waals surface area contributed by atoms with Gasteiger partial charge in [-0.2, -0.15) is 0 Å². The van der Waals surface area contributed by atoms with Gasteiger partial charge >= 0.3 is 0 Å². The molecule has 2 atom stereocenters. The van der Waals surface area contributed by atoms with E-state index in [0.717, 1.165) is 39.1 Å². The second-order valence-electron chi connectivity index (χ2n) is 5.01. The Bertz CT molecular complexity index is 215. The summed E-state index contributed by atoms with van der Waals surface area (Å²) in [5.41, 5.74) is 2.77. The van der Waals surface area contributed by atoms with Gasteiger partial charge in [0.05, 0.1) is 11.6 Å². The lowest BCUT2D eigenvalue weighted by Crippen LogP contribution is -2.60. The van der Waals surface area contributed by atoms with E-state index in [1.807, 2.05) is 6.92 Å². The molecule has 5 nitrogen and oxygen atoms in total. The zero-order valence-corrected chi connectivity index (χ0v) is 11.9. The van der Waals surface area contributed by atoms with Crippen LogP contribution in [0.2, 0.25) is 0 Å². The molecule has 1 aliphatic heterocycles. The standard InChI is InChI=1S/C13H28N2O3/c1-4-18-13(6-9-17-10-7-13)12(15-14)11(2)5-8-16-3/h11-12,15H,4-10,14H2,1-3H3. The van der Waals surface area contributed by atoms with Gasteiger partial charge in [-0.05, 0) is 19.3 Å². The molecule has 0 amide bonds. The molecule has 0 aromatic rings. The van der Waals surface area contributed by atoms with Crippen LogP contribution in [0.25, 0.3) is 0 Å². The molecule has 1 saturated heterocycles. The minimum atomic E-state index is -0.199. The van der Waals surface area contributed by atoms with Gasteiger partial charge in [0, 0.05) is 46.4 Å². The molecule has 108 valence electrons. The zero-order valence-electron chi connectivity index (χ0n) is 11.9. The smallest absolute Gasteiger partial charge is 0.0894 e. The summed E-state index contributed by atoms with van der Waals surface area (Å²) in [6.07, 6.45) is 2.76. The molecule has 0 spiro atoms. The van der Waals surface area contributed by atoms with Gasteiger partial charge in [-0.3, -0.25) is 11.3 Å². The van der Waals surface area contributed by atoms with E-state index < -0.39 is 0 Å². The Morgan fingerprint density at radius 1 is 1.39 bits per heavy atom. The highest BCUT2D eigenvalue weighted by atomic mass is 16.5. The van der Waals surface area contributed by atoms with Crippen LogP contribution in [0.3, 0.4) is 0 Å². The summed E-state index contributed by atoms with van der Waals surface area (Å²) < 4.78 is 16.7. The largest absolute Gasteiger partial charge is 0.385 e. The third kappa shape index (κ3) is 3.90. The van der Waals surface area contributed by atoms with E-state index in [4.69, 9.17) is 20.1 Å². The van der Waals surface area contributed by atoms with E-state index in [0.29, 0.717) is 12.5 Å². The molecule has 0 aromatic carbocycles. The molecule has 1 aliphatic rings. The SMILES string of the molecule is CCOC1(C(NN)C(C)CCOC)CCOCC1. The van der Waals surface area contributed by atoms with Crippen LogP contribution in [-0.2, 0) is 14.2 Å². The molecule has 18 heavy (non-hydrogen) atoms. The van der Waals surface area contributed by atoms with Crippen LogP contribution in [0.4, 0.5) is 0 Å². The van der Waals surface area contributed by atoms with Crippen molar-refractivity contribution in [2.75, 3.05) is 33.5 Å². The highest BCUT2D eigenvalue weighted by Crippen LogP contribution is 2.33. The lowest BCUT2D eigenvalue weighted by atomic mass is 9.79. The maximum Gasteiger partial charge on any atom is 0.0894 e. The minimum Gasteiger partial charge on any atom is -0.385 e. The fraction of sp³-hybridized carbons (Fsp3) is 1.00. The van der Waals surface area contributed by atoms with Crippen molar-refractivity contribution in [3.63, 3.8) is 0 Å². The second kappa shape index (κ2) is 8.07. The topological polar surface area (TPSA) is 65.7 Å². The normalized spacial score (nSPS) is 22.7. The number of methoxy groups -OCH3 is 1. The Morgan fingerprint density at radius 2 is 2.06 bits per heavy atom. The van der Waals surface area contributed by atoms with Crippen LogP contribution < -0.4 is 11.3 Å². The Kier molecular flexibility index (Phi) is 7.11. The van der Waals surface area contributed by atoms with Gasteiger partial charge in [-0.1, -0.05) is 6.92 Å². The average molecular weight is 260 g/mol. The van der Waals surface area contributed by atoms with Crippen molar-refractivity contribution in [2.24, 2.45) is 11.8 Å². The van der Waals surface area contributed by atoms with Gasteiger partial charge in [0.25, 0.3) is 0 Å². The molecule has 5 heteroatoms. The first-order valence-corrected chi connectivity index (χ1v) is 6.87. The number of nitrogens with two attached hydrogens (primary N) is 1. The number of rotatable bonds is 8. The van der Waals surface area contributed by atoms with Crippen LogP contribution in [-0.4, -0.2) is 45.2 Å². The highest BCUT2D eigenvalue weighted by molar-refractivity contribution is 4.96. The molecule has 0 aliphatic carbocycles. The van der Waals surface area contributed by atoms with Crippen LogP contribution in [0.5, 0.6) is 0 Å². The Balaban J connectivity index is 2.72. The minimum absolute atomic E-state index is 0.136. The van der Waals surface area contributed by atoms with Crippen molar-refractivity contribution in [3.05, 3.63) is 0 Å². The van der Waals surface area contributed by atoms with Gasteiger partial charge in [0.2, 0.25) is 0 Å². The van der Waals surface area contributed by atoms with Crippen molar-refractivity contribution in [1.29, 1.82) is 0 Å². The maximum absolute atomic E-state index is 6.06. The maximum atomic E-state index is 6.06. The van der Waals surface area contributed by atoms with Gasteiger partial charge in [0.15, 0.2) is 0 Å². The molecule has 0 radical (unpaired) electrons. The second-order valence-corrected chi connectivity index (χ2v) is 5.01. The van der Waals surface area contributed by atoms with Crippen molar-refractivity contribution in [1.82, 2.24) is 5.43 Å². The Hall–Kier alpha value is -0.200. The summed E-state index contributed by atoms with van der Waals surface area (Å²) in [6, 6.07) is 0.136. The third-order valence-electron chi connectivity index (χ3n) is 3.86. The number of nitrogens with one attached hydrogen (secondary N) is 1. The first-order chi connectivity index (χ1) is 8.70. The fourth-order valence-electron chi connectivity index (χ4n) is 2.85. The molecule has 1 fully saturated rings. The molecular formula is C13H28N2O3. The predicted octanol–water partition coefficient (Wildman–Crippen LogP) is 1.08. The lowest BCUT2D eigenvalue weighted by Gasteiger charge is -2.45. The van der Waals surface area contributed by atoms with E-state index in [-0.39, 0.29) is 11.6 Å². The van der Waals surface area contributed by atoms with Crippen molar-refractivity contribution in [3.8, 4) is 0 Å². The number of hydrogen-bond donors (Lipinski definition) is 2. The fourth-order valence-corrected chi connectivity index (χ4v) is 2.85. The third-order valence-corrected chi connectivity index (χ3v) is 3.86. The monoisotopic (exact) mass is 260 g/mol. The predicted molar refractivity (Wildman–Crippen MR) is 71.2 cm³/mol. The van der Waals surface area contributed by atoms with E-state index in [9.17, 15) is 0 Å². The van der Waals surface area contributed by atoms with E-state index in [2.05, 4.69) is 12.3 Å². The molecular weight excluding hydrogens is 232 g/mol. The Labute approximate surface area is 110 Å². The summed E-state index contributed by atoms with van der Waals surface area (Å²) >= 11 is 0. The summed E-state index contributed by atoms with van der Waals surface area (Å²) in [5.74, 6) is 6.18. The molecule has 0 aromatic heterocycles. The summed E-state index contributed by atoms with van der Waals surface area (Å²) in [7, 11) is 1.73. The van der Waals surface area contributed by atoms with Crippen molar-refractivity contribution in [2.45, 2.75) is 44.8 Å². The zero-order chi connectivity index (χ0) is 13.4. The van der Waals surface area contributed by atoms with Crippen LogP contribution in [0, 0.1) is 5.92 Å². The molecule has 2 unspecified atom stereocenters. The molecule has 3 N–H and O–H groups in total. The number of ether oxygens (including phenoxy) is 3. The summed E-state index contributed by atoms with van der Waals surface area (Å²) in [5, 5.41) is 0. The van der Waals surface area contributed by atoms with Gasteiger partial charge in [-0.15, -0.1) is 0 Å². The first-order valence-electron chi connectivity index (χ1n) is 6.87. The van der Waals surface area contributed by atoms with E-state index in [1.165, 1.54) is 0 Å². The summed E-state index contributed by atoms with van der Waals surface area (Å²) in [4.78, 5) is 0. The van der Waals surface area contributed by atoms with Crippen molar-refractivity contribution < 1.29 is 14.2 Å². The molecule has 1 heterocycles. The van der Waals surface area contributed by atoms with Crippen LogP contribution in [0.15, 0.2) is 0 Å². The van der Waals surface area contributed by atoms with Gasteiger partial charge < -0.3 is 14.2 Å². The Morgan fingerprint density at radius 3 is 2.56 bits per heavy atom. The van der Waals surface area contributed by atoms with E-state index in [1.54, 1.807) is 7.11 Å². The van der Waals surface area contributed by atoms with Gasteiger partial charge in [0.1, 0.15) is 0 Å². The van der Waals surface area contributed by atoms with Crippen molar-refractivity contribution >= 4 is 0 Å². The van der Waals surface area contributed by atoms with Gasteiger partial charge in [-0.25, -0.2) is 0 Å². The number of hydrogen-bond acceptors (Lipinski definition) is 5. The van der Waals surface area contributed by atoms with Crippen LogP contribution >= 0.6 is 0 Å². The summed E-state index contributed by atoms with van der Waals surface area (Å²) in [6.45, 7) is 7.17. The molecule has 0 bridgehead atoms. The average Bonchev–Trinajstić information content (AvgIpc) is 2.38. The highest BCUT2D eigenvalue weighted by Gasteiger charge is 2.43. The van der Waals surface area contributed by atoms with Crippen LogP contribution in [0.1, 0.15) is 33.1 Å². The number of hydrazine groups is 1. The quantitative estimate of drug-likeness (QED) is 0.505. The first kappa shape index (κ1) is 15.9. The lowest BCUT2D eigenvalue weighted by molar-refractivity contribution is -0.136. The molecule has 0 saturated carbocycles. The molecule has 1 rings (SSSR count).